The minimum absolute atomic E-state index is 0.439. The molecule has 1 rings (SSSR count). The Morgan fingerprint density at radius 2 is 2.00 bits per heavy atom. The first kappa shape index (κ1) is 25.4. The molecule has 0 fully saturated rings. The van der Waals surface area contributed by atoms with E-state index in [1.165, 1.54) is 0 Å². The lowest BCUT2D eigenvalue weighted by Crippen LogP contribution is -2.08. The fourth-order valence-corrected chi connectivity index (χ4v) is 1.68. The average Bonchev–Trinajstić information content (AvgIpc) is 2.94. The Balaban J connectivity index is 0. The van der Waals surface area contributed by atoms with Gasteiger partial charge < -0.3 is 4.74 Å². The molecule has 0 unspecified atom stereocenters. The topological polar surface area (TPSA) is 45.4 Å². The molecule has 0 aliphatic heterocycles. The van der Waals surface area contributed by atoms with Crippen LogP contribution in [0.5, 0.6) is 0 Å². The van der Waals surface area contributed by atoms with Crippen LogP contribution in [-0.4, -0.2) is 19.0 Å². The Morgan fingerprint density at radius 1 is 1.31 bits per heavy atom. The van der Waals surface area contributed by atoms with Gasteiger partial charge in [0.2, 0.25) is 5.90 Å². The van der Waals surface area contributed by atoms with Crippen molar-refractivity contribution in [1.29, 1.82) is 5.26 Å². The van der Waals surface area contributed by atoms with Crippen LogP contribution in [0, 0.1) is 11.3 Å². The lowest BCUT2D eigenvalue weighted by atomic mass is 10.2. The van der Waals surface area contributed by atoms with Gasteiger partial charge in [0, 0.05) is 11.1 Å². The van der Waals surface area contributed by atoms with Gasteiger partial charge in [0.1, 0.15) is 0 Å². The molecule has 0 heterocycles. The van der Waals surface area contributed by atoms with Gasteiger partial charge >= 0.3 is 0 Å². The fourth-order valence-electron chi connectivity index (χ4n) is 1.68. The molecule has 0 radical (unpaired) electrons. The Kier molecular flexibility index (Phi) is 18.1. The zero-order chi connectivity index (χ0) is 20.2. The third-order valence-electron chi connectivity index (χ3n) is 2.77. The molecule has 0 spiro atoms. The molecule has 0 atom stereocenters. The van der Waals surface area contributed by atoms with E-state index in [2.05, 4.69) is 23.4 Å². The molecule has 0 N–H and O–H groups in total. The monoisotopic (exact) mass is 352 g/mol. The largest absolute Gasteiger partial charge is 0.478 e. The molecule has 3 heteroatoms. The minimum Gasteiger partial charge on any atom is -0.478 e. The number of nitrogens with zero attached hydrogens (tertiary/aromatic N) is 2. The minimum atomic E-state index is 0.439. The number of ether oxygens (including phenoxy) is 1. The number of rotatable bonds is 6. The summed E-state index contributed by atoms with van der Waals surface area (Å²) in [6.45, 7) is 16.5. The molecule has 0 saturated carbocycles. The van der Waals surface area contributed by atoms with E-state index in [1.807, 2.05) is 65.8 Å². The van der Waals surface area contributed by atoms with Gasteiger partial charge in [-0.2, -0.15) is 5.26 Å². The van der Waals surface area contributed by atoms with E-state index in [1.54, 1.807) is 24.3 Å². The number of hydrogen-bond acceptors (Lipinski definition) is 3. The quantitative estimate of drug-likeness (QED) is 0.245. The summed E-state index contributed by atoms with van der Waals surface area (Å²) in [5.74, 6) is 0.587. The zero-order valence-corrected chi connectivity index (χ0v) is 17.0. The molecule has 3 nitrogen and oxygen atoms in total. The maximum absolute atomic E-state index is 8.88. The predicted octanol–water partition coefficient (Wildman–Crippen LogP) is 6.26. The van der Waals surface area contributed by atoms with Crippen molar-refractivity contribution in [1.82, 2.24) is 0 Å². The molecule has 140 valence electrons. The van der Waals surface area contributed by atoms with E-state index in [0.29, 0.717) is 24.6 Å². The van der Waals surface area contributed by atoms with Gasteiger partial charge in [-0.3, -0.25) is 0 Å². The molecular formula is C23H32N2O. The van der Waals surface area contributed by atoms with Crippen molar-refractivity contribution in [2.75, 3.05) is 13.2 Å². The maximum atomic E-state index is 8.88. The Labute approximate surface area is 159 Å². The highest BCUT2D eigenvalue weighted by Crippen LogP contribution is 2.08. The molecule has 0 amide bonds. The molecule has 1 aliphatic carbocycles. The molecule has 0 aromatic rings. The lowest BCUT2D eigenvalue weighted by Gasteiger charge is -2.08. The van der Waals surface area contributed by atoms with Crippen molar-refractivity contribution in [2.24, 2.45) is 4.99 Å². The van der Waals surface area contributed by atoms with Crippen LogP contribution in [0.3, 0.4) is 0 Å². The highest BCUT2D eigenvalue weighted by atomic mass is 16.5. The number of nitriles is 1. The second-order valence-corrected chi connectivity index (χ2v) is 4.30. The van der Waals surface area contributed by atoms with Gasteiger partial charge in [-0.05, 0) is 44.2 Å². The summed E-state index contributed by atoms with van der Waals surface area (Å²) in [6.07, 6.45) is 14.5. The Morgan fingerprint density at radius 3 is 2.54 bits per heavy atom. The van der Waals surface area contributed by atoms with E-state index < -0.39 is 0 Å². The molecule has 1 aliphatic rings. The smallest absolute Gasteiger partial charge is 0.216 e. The molecular weight excluding hydrogens is 320 g/mol. The van der Waals surface area contributed by atoms with Crippen LogP contribution in [0.1, 0.15) is 41.5 Å². The van der Waals surface area contributed by atoms with Gasteiger partial charge in [-0.25, -0.2) is 4.99 Å². The second-order valence-electron chi connectivity index (χ2n) is 4.30. The van der Waals surface area contributed by atoms with E-state index in [4.69, 9.17) is 10.00 Å². The van der Waals surface area contributed by atoms with Crippen LogP contribution in [0.25, 0.3) is 0 Å². The highest BCUT2D eigenvalue weighted by molar-refractivity contribution is 5.96. The van der Waals surface area contributed by atoms with Crippen LogP contribution in [0.2, 0.25) is 0 Å². The van der Waals surface area contributed by atoms with Crippen molar-refractivity contribution in [3.8, 4) is 6.07 Å². The van der Waals surface area contributed by atoms with Crippen LogP contribution < -0.4 is 0 Å². The maximum Gasteiger partial charge on any atom is 0.216 e. The number of hydrogen-bond donors (Lipinski definition) is 0. The first-order valence-corrected chi connectivity index (χ1v) is 9.12. The molecule has 26 heavy (non-hydrogen) atoms. The van der Waals surface area contributed by atoms with Crippen LogP contribution in [-0.2, 0) is 4.74 Å². The molecule has 0 aromatic heterocycles. The standard InChI is InChI=1S/C19H20N2O.2C2H6/c1-4-7-11-18(5-2)19(22-6-3)21-15-17-10-8-9-16(14-20)12-13-17;2*1-2/h4-5,7-9,11-13H,1,6,15H2,2-3H3;2*1-2H3/b11-7-,18-5+,21-19?;;. The van der Waals surface area contributed by atoms with Crippen LogP contribution in [0.15, 0.2) is 82.6 Å². The summed E-state index contributed by atoms with van der Waals surface area (Å²) in [7, 11) is 0. The summed E-state index contributed by atoms with van der Waals surface area (Å²) in [4.78, 5) is 4.52. The van der Waals surface area contributed by atoms with Crippen LogP contribution >= 0.6 is 0 Å². The predicted molar refractivity (Wildman–Crippen MR) is 114 cm³/mol. The lowest BCUT2D eigenvalue weighted by molar-refractivity contribution is 0.327. The zero-order valence-electron chi connectivity index (χ0n) is 17.0. The van der Waals surface area contributed by atoms with Crippen molar-refractivity contribution in [2.45, 2.75) is 41.5 Å². The van der Waals surface area contributed by atoms with Gasteiger partial charge in [0.05, 0.1) is 24.8 Å². The fraction of sp³-hybridized carbons (Fsp3) is 0.348. The number of aliphatic imine (C=N–C) groups is 1. The van der Waals surface area contributed by atoms with Crippen molar-refractivity contribution >= 4 is 5.90 Å². The van der Waals surface area contributed by atoms with Gasteiger partial charge in [-0.15, -0.1) is 5.73 Å². The normalized spacial score (nSPS) is 13.3. The highest BCUT2D eigenvalue weighted by Gasteiger charge is 2.04. The van der Waals surface area contributed by atoms with E-state index in [-0.39, 0.29) is 0 Å². The first-order valence-electron chi connectivity index (χ1n) is 9.12. The van der Waals surface area contributed by atoms with Gasteiger partial charge in [0.15, 0.2) is 0 Å². The van der Waals surface area contributed by atoms with E-state index in [9.17, 15) is 0 Å². The molecule has 0 saturated heterocycles. The van der Waals surface area contributed by atoms with Crippen LogP contribution in [0.4, 0.5) is 0 Å². The van der Waals surface area contributed by atoms with Crippen molar-refractivity contribution in [3.05, 3.63) is 77.6 Å². The van der Waals surface area contributed by atoms with E-state index in [0.717, 1.165) is 11.1 Å². The third kappa shape index (κ3) is 10.9. The SMILES string of the molecule is C=C/C=C\C(=C/C)C(=NCC1=C=CC=C(C#N)C=C1)OCC.CC.CC. The van der Waals surface area contributed by atoms with E-state index >= 15 is 0 Å². The molecule has 0 aromatic carbocycles. The average molecular weight is 353 g/mol. The first-order chi connectivity index (χ1) is 12.7. The summed E-state index contributed by atoms with van der Waals surface area (Å²) in [5, 5.41) is 8.88. The Bertz CT molecular complexity index is 659. The van der Waals surface area contributed by atoms with Gasteiger partial charge in [-0.1, -0.05) is 52.5 Å². The molecule has 0 bridgehead atoms. The van der Waals surface area contributed by atoms with Gasteiger partial charge in [0.25, 0.3) is 0 Å². The van der Waals surface area contributed by atoms with Crippen molar-refractivity contribution in [3.63, 3.8) is 0 Å². The number of allylic oxidation sites excluding steroid dienone is 6. The second kappa shape index (κ2) is 18.5. The van der Waals surface area contributed by atoms with Crippen molar-refractivity contribution < 1.29 is 4.74 Å². The summed E-state index contributed by atoms with van der Waals surface area (Å²) in [6, 6.07) is 2.10. The summed E-state index contributed by atoms with van der Waals surface area (Å²) >= 11 is 0. The summed E-state index contributed by atoms with van der Waals surface area (Å²) < 4.78 is 5.61. The Hall–Kier alpha value is -2.82. The third-order valence-corrected chi connectivity index (χ3v) is 2.77. The summed E-state index contributed by atoms with van der Waals surface area (Å²) in [5.41, 5.74) is 5.49.